The van der Waals surface area contributed by atoms with Crippen molar-refractivity contribution in [3.63, 3.8) is 0 Å². The highest BCUT2D eigenvalue weighted by Crippen LogP contribution is 2.19. The summed E-state index contributed by atoms with van der Waals surface area (Å²) in [5.41, 5.74) is 3.53. The van der Waals surface area contributed by atoms with E-state index in [-0.39, 0.29) is 18.4 Å². The van der Waals surface area contributed by atoms with Crippen molar-refractivity contribution in [3.05, 3.63) is 41.2 Å². The largest absolute Gasteiger partial charge is 0.484 e. The Morgan fingerprint density at radius 3 is 2.25 bits per heavy atom. The molecule has 0 saturated carbocycles. The molecular formula is C20H26N4O3S. The number of anilines is 1. The Labute approximate surface area is 169 Å². The van der Waals surface area contributed by atoms with Crippen molar-refractivity contribution in [2.45, 2.75) is 31.8 Å². The van der Waals surface area contributed by atoms with Gasteiger partial charge in [0.25, 0.3) is 5.91 Å². The molecule has 0 fully saturated rings. The van der Waals surface area contributed by atoms with Crippen LogP contribution in [0.4, 0.5) is 5.69 Å². The zero-order valence-electron chi connectivity index (χ0n) is 16.9. The Morgan fingerprint density at radius 2 is 1.71 bits per heavy atom. The van der Waals surface area contributed by atoms with E-state index in [9.17, 15) is 9.59 Å². The molecule has 0 aliphatic heterocycles. The maximum Gasteiger partial charge on any atom is 0.259 e. The summed E-state index contributed by atoms with van der Waals surface area (Å²) < 4.78 is 5.42. The van der Waals surface area contributed by atoms with Crippen molar-refractivity contribution in [3.8, 4) is 5.75 Å². The number of aromatic nitrogens is 2. The smallest absolute Gasteiger partial charge is 0.259 e. The van der Waals surface area contributed by atoms with Gasteiger partial charge in [0.1, 0.15) is 5.75 Å². The van der Waals surface area contributed by atoms with E-state index in [0.717, 1.165) is 22.1 Å². The predicted octanol–water partition coefficient (Wildman–Crippen LogP) is 2.85. The molecular weight excluding hydrogens is 376 g/mol. The molecule has 0 aliphatic rings. The molecule has 150 valence electrons. The third-order valence-electron chi connectivity index (χ3n) is 4.18. The van der Waals surface area contributed by atoms with E-state index < -0.39 is 0 Å². The average Bonchev–Trinajstić information content (AvgIpc) is 2.66. The highest BCUT2D eigenvalue weighted by Gasteiger charge is 2.11. The molecule has 0 spiro atoms. The van der Waals surface area contributed by atoms with Crippen LogP contribution >= 0.6 is 11.8 Å². The summed E-state index contributed by atoms with van der Waals surface area (Å²) >= 11 is 1.51. The van der Waals surface area contributed by atoms with E-state index >= 15 is 0 Å². The molecule has 0 radical (unpaired) electrons. The number of carbonyl (C=O) groups excluding carboxylic acids is 2. The second-order valence-electron chi connectivity index (χ2n) is 6.51. The van der Waals surface area contributed by atoms with Crippen LogP contribution in [0.3, 0.4) is 0 Å². The second kappa shape index (κ2) is 10.1. The summed E-state index contributed by atoms with van der Waals surface area (Å²) in [5.74, 6) is 0.382. The normalized spacial score (nSPS) is 10.5. The first-order valence-electron chi connectivity index (χ1n) is 8.91. The second-order valence-corrected chi connectivity index (χ2v) is 7.28. The van der Waals surface area contributed by atoms with Crippen LogP contribution in [0.2, 0.25) is 0 Å². The van der Waals surface area contributed by atoms with Crippen LogP contribution in [0.25, 0.3) is 0 Å². The van der Waals surface area contributed by atoms with Crippen molar-refractivity contribution < 1.29 is 14.3 Å². The summed E-state index contributed by atoms with van der Waals surface area (Å²) in [6, 6.07) is 6.95. The summed E-state index contributed by atoms with van der Waals surface area (Å²) in [7, 11) is 3.35. The van der Waals surface area contributed by atoms with Gasteiger partial charge in [-0.3, -0.25) is 9.59 Å². The fourth-order valence-corrected chi connectivity index (χ4v) is 2.99. The number of likely N-dealkylation sites (N-methyl/N-ethyl adjacent to an activating group) is 1. The van der Waals surface area contributed by atoms with Gasteiger partial charge in [-0.25, -0.2) is 9.97 Å². The maximum absolute atomic E-state index is 12.3. The molecule has 1 aromatic heterocycles. The van der Waals surface area contributed by atoms with Crippen LogP contribution in [-0.2, 0) is 16.0 Å². The topological polar surface area (TPSA) is 84.4 Å². The number of nitrogens with one attached hydrogen (secondary N) is 1. The lowest BCUT2D eigenvalue weighted by Crippen LogP contribution is -2.27. The summed E-state index contributed by atoms with van der Waals surface area (Å²) in [6.45, 7) is 3.87. The molecule has 0 bridgehead atoms. The number of amides is 2. The van der Waals surface area contributed by atoms with Crippen molar-refractivity contribution in [1.29, 1.82) is 0 Å². The number of hydrogen-bond acceptors (Lipinski definition) is 6. The van der Waals surface area contributed by atoms with E-state index in [4.69, 9.17) is 4.74 Å². The van der Waals surface area contributed by atoms with E-state index in [1.807, 2.05) is 20.1 Å². The first-order chi connectivity index (χ1) is 13.3. The molecule has 0 saturated heterocycles. The molecule has 0 atom stereocenters. The van der Waals surface area contributed by atoms with E-state index in [0.29, 0.717) is 24.3 Å². The number of ether oxygens (including phenoxy) is 1. The van der Waals surface area contributed by atoms with Gasteiger partial charge in [-0.2, -0.15) is 0 Å². The van der Waals surface area contributed by atoms with Gasteiger partial charge in [0.05, 0.1) is 0 Å². The molecule has 1 aromatic carbocycles. The Balaban J connectivity index is 1.87. The van der Waals surface area contributed by atoms with Crippen molar-refractivity contribution in [2.24, 2.45) is 0 Å². The molecule has 2 aromatic rings. The molecule has 1 heterocycles. The molecule has 2 rings (SSSR count). The summed E-state index contributed by atoms with van der Waals surface area (Å²) in [5, 5.41) is 3.62. The lowest BCUT2D eigenvalue weighted by Gasteiger charge is -2.12. The zero-order valence-corrected chi connectivity index (χ0v) is 17.7. The lowest BCUT2D eigenvalue weighted by molar-refractivity contribution is -0.130. The zero-order chi connectivity index (χ0) is 20.7. The Hall–Kier alpha value is -2.61. The van der Waals surface area contributed by atoms with Crippen molar-refractivity contribution >= 4 is 29.3 Å². The van der Waals surface area contributed by atoms with Crippen molar-refractivity contribution in [1.82, 2.24) is 14.9 Å². The van der Waals surface area contributed by atoms with Gasteiger partial charge in [0, 0.05) is 37.6 Å². The highest BCUT2D eigenvalue weighted by atomic mass is 32.2. The summed E-state index contributed by atoms with van der Waals surface area (Å²) in [6.07, 6.45) is 2.88. The predicted molar refractivity (Wildman–Crippen MR) is 111 cm³/mol. The Kier molecular flexibility index (Phi) is 7.80. The highest BCUT2D eigenvalue weighted by molar-refractivity contribution is 7.98. The minimum absolute atomic E-state index is 0.0190. The van der Waals surface area contributed by atoms with E-state index in [1.165, 1.54) is 16.7 Å². The van der Waals surface area contributed by atoms with E-state index in [2.05, 4.69) is 15.3 Å². The minimum atomic E-state index is -0.113. The average molecular weight is 403 g/mol. The fraction of sp³-hybridized carbons (Fsp3) is 0.400. The number of nitrogens with zero attached hydrogens (tertiary/aromatic N) is 3. The van der Waals surface area contributed by atoms with Crippen LogP contribution in [0.15, 0.2) is 29.4 Å². The molecule has 0 unspecified atom stereocenters. The van der Waals surface area contributed by atoms with Gasteiger partial charge in [0.15, 0.2) is 11.8 Å². The van der Waals surface area contributed by atoms with Crippen molar-refractivity contribution in [2.75, 3.05) is 32.3 Å². The standard InChI is InChI=1S/C20H26N4O3S/c1-13-17(14(2)22-20(21-13)28-5)10-11-18(25)23-15-6-8-16(9-7-15)27-12-19(26)24(3)4/h6-9H,10-12H2,1-5H3,(H,23,25). The number of hydrogen-bond donors (Lipinski definition) is 1. The fourth-order valence-electron chi connectivity index (χ4n) is 2.53. The number of benzene rings is 1. The van der Waals surface area contributed by atoms with Gasteiger partial charge in [-0.15, -0.1) is 0 Å². The number of thioether (sulfide) groups is 1. The van der Waals surface area contributed by atoms with Gasteiger partial charge >= 0.3 is 0 Å². The number of carbonyl (C=O) groups is 2. The molecule has 2 amide bonds. The van der Waals surface area contributed by atoms with Gasteiger partial charge in [-0.1, -0.05) is 11.8 Å². The van der Waals surface area contributed by atoms with Crippen LogP contribution in [0.5, 0.6) is 5.75 Å². The molecule has 8 heteroatoms. The monoisotopic (exact) mass is 402 g/mol. The van der Waals surface area contributed by atoms with Crippen LogP contribution in [0, 0.1) is 13.8 Å². The third-order valence-corrected chi connectivity index (χ3v) is 4.73. The Morgan fingerprint density at radius 1 is 1.11 bits per heavy atom. The summed E-state index contributed by atoms with van der Waals surface area (Å²) in [4.78, 5) is 34.2. The van der Waals surface area contributed by atoms with Gasteiger partial charge < -0.3 is 15.0 Å². The van der Waals surface area contributed by atoms with Gasteiger partial charge in [0.2, 0.25) is 5.91 Å². The lowest BCUT2D eigenvalue weighted by atomic mass is 10.1. The third kappa shape index (κ3) is 6.23. The quantitative estimate of drug-likeness (QED) is 0.540. The van der Waals surface area contributed by atoms with Crippen LogP contribution in [0.1, 0.15) is 23.4 Å². The molecule has 7 nitrogen and oxygen atoms in total. The number of aryl methyl sites for hydroxylation is 2. The van der Waals surface area contributed by atoms with E-state index in [1.54, 1.807) is 38.4 Å². The Bertz CT molecular complexity index is 815. The van der Waals surface area contributed by atoms with Crippen LogP contribution in [-0.4, -0.2) is 53.6 Å². The maximum atomic E-state index is 12.3. The number of rotatable bonds is 8. The van der Waals surface area contributed by atoms with Crippen LogP contribution < -0.4 is 10.1 Å². The van der Waals surface area contributed by atoms with Gasteiger partial charge in [-0.05, 0) is 56.4 Å². The molecule has 28 heavy (non-hydrogen) atoms. The first-order valence-corrected chi connectivity index (χ1v) is 10.1. The molecule has 1 N–H and O–H groups in total. The first kappa shape index (κ1) is 21.7. The molecule has 0 aliphatic carbocycles. The SMILES string of the molecule is CSc1nc(C)c(CCC(=O)Nc2ccc(OCC(=O)N(C)C)cc2)c(C)n1. The minimum Gasteiger partial charge on any atom is -0.484 e.